The van der Waals surface area contributed by atoms with Crippen LogP contribution in [0.1, 0.15) is 0 Å². The number of phenolic OH excluding ortho intramolecular Hbond substituents is 1. The molecule has 1 aromatic heterocycles. The third-order valence-corrected chi connectivity index (χ3v) is 4.51. The number of H-pyrrole nitrogens is 1. The van der Waals surface area contributed by atoms with Crippen LogP contribution in [0.4, 0.5) is 11.4 Å². The van der Waals surface area contributed by atoms with Crippen LogP contribution in [0.2, 0.25) is 5.02 Å². The van der Waals surface area contributed by atoms with Crippen molar-refractivity contribution in [1.82, 2.24) is 4.98 Å². The summed E-state index contributed by atoms with van der Waals surface area (Å²) in [5.74, 6) is -1.35. The standard InChI is InChI=1S/C15H10ClN3O6S.Cr.Na/c16-7-5-10(14(21)11(6-7)26(23,24)25)18-19-12-13(20)8-3-1-2-4-9(8)17-15(12)22;;/h1-6,21H,(H2,17,20,22)(H,23,24,25);;/q;;+1. The van der Waals surface area contributed by atoms with E-state index in [0.29, 0.717) is 10.9 Å². The number of hydrogen-bond donors (Lipinski definition) is 4. The van der Waals surface area contributed by atoms with E-state index in [9.17, 15) is 23.4 Å². The number of nitrogens with zero attached hydrogens (tertiary/aromatic N) is 2. The van der Waals surface area contributed by atoms with Crippen molar-refractivity contribution >= 4 is 44.0 Å². The van der Waals surface area contributed by atoms with Crippen molar-refractivity contribution in [2.45, 2.75) is 4.90 Å². The maximum absolute atomic E-state index is 12.1. The maximum Gasteiger partial charge on any atom is 1.00 e. The minimum absolute atomic E-state index is 0. The van der Waals surface area contributed by atoms with E-state index in [1.165, 1.54) is 0 Å². The van der Waals surface area contributed by atoms with Gasteiger partial charge < -0.3 is 15.2 Å². The molecule has 1 heterocycles. The number of halogens is 1. The van der Waals surface area contributed by atoms with Gasteiger partial charge in [0, 0.05) is 27.8 Å². The van der Waals surface area contributed by atoms with Crippen LogP contribution in [-0.2, 0) is 27.5 Å². The van der Waals surface area contributed by atoms with E-state index in [0.717, 1.165) is 12.1 Å². The number of hydrogen-bond acceptors (Lipinski definition) is 7. The molecule has 0 spiro atoms. The minimum atomic E-state index is -4.76. The zero-order chi connectivity index (χ0) is 19.1. The Balaban J connectivity index is 0.00000196. The van der Waals surface area contributed by atoms with Crippen LogP contribution < -0.4 is 35.1 Å². The molecule has 0 unspecified atom stereocenters. The summed E-state index contributed by atoms with van der Waals surface area (Å²) in [5.41, 5.74) is -1.23. The predicted octanol–water partition coefficient (Wildman–Crippen LogP) is 0.256. The molecule has 0 aliphatic carbocycles. The van der Waals surface area contributed by atoms with Crippen LogP contribution in [0, 0.1) is 0 Å². The fraction of sp³-hybridized carbons (Fsp3) is 0. The van der Waals surface area contributed by atoms with E-state index in [1.807, 2.05) is 0 Å². The molecule has 4 N–H and O–H groups in total. The van der Waals surface area contributed by atoms with Crippen molar-refractivity contribution in [3.8, 4) is 11.5 Å². The van der Waals surface area contributed by atoms with Crippen LogP contribution in [0.5, 0.6) is 11.5 Å². The molecular formula is C15H10ClCrN3NaO6S+. The number of aromatic amines is 1. The first-order valence-corrected chi connectivity index (χ1v) is 8.76. The number of pyridine rings is 1. The summed E-state index contributed by atoms with van der Waals surface area (Å²) in [6.07, 6.45) is 0. The van der Waals surface area contributed by atoms with Gasteiger partial charge in [-0.2, -0.15) is 8.42 Å². The molecule has 0 bridgehead atoms. The summed E-state index contributed by atoms with van der Waals surface area (Å²) in [4.78, 5) is 13.7. The van der Waals surface area contributed by atoms with E-state index >= 15 is 0 Å². The average molecular weight is 471 g/mol. The number of benzene rings is 2. The van der Waals surface area contributed by atoms with Crippen LogP contribution in [0.15, 0.2) is 56.3 Å². The summed E-state index contributed by atoms with van der Waals surface area (Å²) >= 11 is 5.74. The first kappa shape index (κ1) is 24.6. The van der Waals surface area contributed by atoms with Gasteiger partial charge in [0.2, 0.25) is 0 Å². The Morgan fingerprint density at radius 2 is 1.68 bits per heavy atom. The fourth-order valence-corrected chi connectivity index (χ4v) is 3.15. The number of phenols is 1. The van der Waals surface area contributed by atoms with E-state index in [-0.39, 0.29) is 51.9 Å². The Morgan fingerprint density at radius 1 is 1.04 bits per heavy atom. The molecular weight excluding hydrogens is 461 g/mol. The molecule has 0 saturated carbocycles. The second kappa shape index (κ2) is 9.39. The number of azo groups is 1. The van der Waals surface area contributed by atoms with Gasteiger partial charge in [-0.3, -0.25) is 9.35 Å². The normalized spacial score (nSPS) is 11.2. The molecule has 2 aromatic carbocycles. The monoisotopic (exact) mass is 470 g/mol. The first-order valence-electron chi connectivity index (χ1n) is 6.94. The summed E-state index contributed by atoms with van der Waals surface area (Å²) in [7, 11) is -4.76. The number of aromatic hydroxyl groups is 2. The van der Waals surface area contributed by atoms with Crippen LogP contribution in [0.25, 0.3) is 10.9 Å². The molecule has 0 aliphatic rings. The summed E-state index contributed by atoms with van der Waals surface area (Å²) in [6, 6.07) is 8.33. The molecule has 9 nitrogen and oxygen atoms in total. The van der Waals surface area contributed by atoms with Crippen molar-refractivity contribution in [3.63, 3.8) is 0 Å². The second-order valence-electron chi connectivity index (χ2n) is 5.14. The molecule has 3 aromatic rings. The number of para-hydroxylation sites is 1. The Hall–Kier alpha value is -1.42. The SMILES string of the molecule is O=c1[nH]c2ccccc2c(O)c1N=Nc1cc(Cl)cc(S(=O)(=O)O)c1O.[Cr].[Na+]. The van der Waals surface area contributed by atoms with Gasteiger partial charge in [0.25, 0.3) is 15.7 Å². The van der Waals surface area contributed by atoms with Crippen LogP contribution in [-0.4, -0.2) is 28.2 Å². The summed E-state index contributed by atoms with van der Waals surface area (Å²) < 4.78 is 31.6. The van der Waals surface area contributed by atoms with Gasteiger partial charge >= 0.3 is 29.6 Å². The fourth-order valence-electron chi connectivity index (χ4n) is 2.25. The van der Waals surface area contributed by atoms with Crippen molar-refractivity contribution < 1.29 is 70.1 Å². The number of fused-ring (bicyclic) bond motifs is 1. The first-order chi connectivity index (χ1) is 12.2. The molecule has 0 amide bonds. The quantitative estimate of drug-likeness (QED) is 0.245. The third kappa shape index (κ3) is 4.94. The Kier molecular flexibility index (Phi) is 8.25. The molecule has 13 heteroatoms. The Labute approximate surface area is 196 Å². The Bertz CT molecular complexity index is 1230. The molecule has 0 atom stereocenters. The van der Waals surface area contributed by atoms with E-state index in [1.54, 1.807) is 24.3 Å². The van der Waals surface area contributed by atoms with Crippen molar-refractivity contribution in [2.75, 3.05) is 0 Å². The topological polar surface area (TPSA) is 152 Å². The Morgan fingerprint density at radius 3 is 2.32 bits per heavy atom. The molecule has 0 saturated heterocycles. The van der Waals surface area contributed by atoms with E-state index in [2.05, 4.69) is 15.2 Å². The molecule has 0 aliphatic heterocycles. The molecule has 140 valence electrons. The van der Waals surface area contributed by atoms with Crippen LogP contribution in [0.3, 0.4) is 0 Å². The third-order valence-electron chi connectivity index (χ3n) is 3.43. The van der Waals surface area contributed by atoms with E-state index in [4.69, 9.17) is 16.2 Å². The smallest absolute Gasteiger partial charge is 0.505 e. The molecule has 3 rings (SSSR count). The zero-order valence-corrected chi connectivity index (χ0v) is 19.0. The van der Waals surface area contributed by atoms with Crippen LogP contribution >= 0.6 is 11.6 Å². The maximum atomic E-state index is 12.1. The summed E-state index contributed by atoms with van der Waals surface area (Å²) in [5, 5.41) is 27.5. The summed E-state index contributed by atoms with van der Waals surface area (Å²) in [6.45, 7) is 0. The largest absolute Gasteiger partial charge is 1.00 e. The van der Waals surface area contributed by atoms with Crippen molar-refractivity contribution in [1.29, 1.82) is 0 Å². The van der Waals surface area contributed by atoms with Gasteiger partial charge in [0.05, 0.1) is 5.52 Å². The predicted molar refractivity (Wildman–Crippen MR) is 93.3 cm³/mol. The van der Waals surface area contributed by atoms with Gasteiger partial charge in [-0.05, 0) is 24.3 Å². The van der Waals surface area contributed by atoms with E-state index < -0.39 is 43.4 Å². The average Bonchev–Trinajstić information content (AvgIpc) is 2.56. The van der Waals surface area contributed by atoms with Crippen molar-refractivity contribution in [3.05, 3.63) is 51.8 Å². The van der Waals surface area contributed by atoms with Gasteiger partial charge in [0.1, 0.15) is 10.6 Å². The molecule has 28 heavy (non-hydrogen) atoms. The number of aromatic nitrogens is 1. The van der Waals surface area contributed by atoms with Gasteiger partial charge in [-0.15, -0.1) is 10.2 Å². The second-order valence-corrected chi connectivity index (χ2v) is 6.97. The van der Waals surface area contributed by atoms with Gasteiger partial charge in [-0.1, -0.05) is 23.7 Å². The number of nitrogens with one attached hydrogen (secondary N) is 1. The zero-order valence-electron chi connectivity index (χ0n) is 14.1. The van der Waals surface area contributed by atoms with Gasteiger partial charge in [-0.25, -0.2) is 0 Å². The number of rotatable bonds is 3. The minimum Gasteiger partial charge on any atom is -0.505 e. The van der Waals surface area contributed by atoms with Crippen molar-refractivity contribution in [2.24, 2.45) is 10.2 Å². The molecule has 0 radical (unpaired) electrons. The van der Waals surface area contributed by atoms with Gasteiger partial charge in [0.15, 0.2) is 17.2 Å². The molecule has 0 fully saturated rings.